The highest BCUT2D eigenvalue weighted by Crippen LogP contribution is 2.16. The van der Waals surface area contributed by atoms with Gasteiger partial charge < -0.3 is 14.2 Å². The van der Waals surface area contributed by atoms with E-state index in [9.17, 15) is 4.79 Å². The van der Waals surface area contributed by atoms with Crippen LogP contribution in [0.4, 0.5) is 4.79 Å². The molecule has 1 rings (SSSR count). The Hall–Kier alpha value is -1.29. The molecule has 0 spiro atoms. The molecule has 1 heterocycles. The van der Waals surface area contributed by atoms with Crippen molar-refractivity contribution in [3.63, 3.8) is 0 Å². The molecule has 0 aromatic heterocycles. The van der Waals surface area contributed by atoms with Crippen LogP contribution in [0.2, 0.25) is 0 Å². The summed E-state index contributed by atoms with van der Waals surface area (Å²) in [6.45, 7) is 7.75. The van der Waals surface area contributed by atoms with Gasteiger partial charge in [0.25, 0.3) is 0 Å². The van der Waals surface area contributed by atoms with E-state index in [4.69, 9.17) is 14.2 Å². The summed E-state index contributed by atoms with van der Waals surface area (Å²) in [7, 11) is 0. The van der Waals surface area contributed by atoms with Crippen molar-refractivity contribution in [2.45, 2.75) is 12.2 Å². The molecule has 4 nitrogen and oxygen atoms in total. The van der Waals surface area contributed by atoms with Crippen molar-refractivity contribution in [2.75, 3.05) is 13.2 Å². The average molecular weight is 184 g/mol. The average Bonchev–Trinajstić information content (AvgIpc) is 2.47. The van der Waals surface area contributed by atoms with Crippen LogP contribution >= 0.6 is 0 Å². The second-order valence-corrected chi connectivity index (χ2v) is 2.55. The Morgan fingerprint density at radius 2 is 2.23 bits per heavy atom. The predicted molar refractivity (Wildman–Crippen MR) is 46.4 cm³/mol. The first kappa shape index (κ1) is 9.80. The maximum Gasteiger partial charge on any atom is 0.509 e. The van der Waals surface area contributed by atoms with Crippen molar-refractivity contribution in [1.82, 2.24) is 0 Å². The quantitative estimate of drug-likeness (QED) is 0.367. The molecule has 0 radical (unpaired) electrons. The monoisotopic (exact) mass is 184 g/mol. The lowest BCUT2D eigenvalue weighted by Gasteiger charge is -2.10. The van der Waals surface area contributed by atoms with Crippen LogP contribution in [0.15, 0.2) is 25.3 Å². The minimum Gasteiger partial charge on any atom is -0.424 e. The molecule has 0 aromatic carbocycles. The molecule has 0 saturated carbocycles. The molecule has 1 aliphatic heterocycles. The molecule has 1 saturated heterocycles. The van der Waals surface area contributed by atoms with Gasteiger partial charge in [0.05, 0.1) is 13.2 Å². The maximum absolute atomic E-state index is 10.7. The smallest absolute Gasteiger partial charge is 0.424 e. The number of ether oxygens (including phenoxy) is 3. The molecule has 4 heteroatoms. The lowest BCUT2D eigenvalue weighted by molar-refractivity contribution is 0.0503. The number of cyclic esters (lactones) is 2. The summed E-state index contributed by atoms with van der Waals surface area (Å²) >= 11 is 0. The fourth-order valence-electron chi connectivity index (χ4n) is 1.00. The van der Waals surface area contributed by atoms with Crippen LogP contribution in [0.1, 0.15) is 0 Å². The number of hydrogen-bond acceptors (Lipinski definition) is 4. The Kier molecular flexibility index (Phi) is 3.52. The van der Waals surface area contributed by atoms with Gasteiger partial charge in [-0.05, 0) is 6.08 Å². The van der Waals surface area contributed by atoms with Gasteiger partial charge in [-0.2, -0.15) is 0 Å². The van der Waals surface area contributed by atoms with E-state index in [1.807, 2.05) is 0 Å². The topological polar surface area (TPSA) is 44.8 Å². The summed E-state index contributed by atoms with van der Waals surface area (Å²) in [5, 5.41) is 0. The van der Waals surface area contributed by atoms with E-state index in [-0.39, 0.29) is 6.10 Å². The van der Waals surface area contributed by atoms with E-state index in [1.165, 1.54) is 6.08 Å². The van der Waals surface area contributed by atoms with Crippen LogP contribution in [-0.2, 0) is 14.2 Å². The Balaban J connectivity index is 2.34. The minimum absolute atomic E-state index is 0.300. The molecule has 2 unspecified atom stereocenters. The first-order valence-electron chi connectivity index (χ1n) is 3.96. The Labute approximate surface area is 76.8 Å². The van der Waals surface area contributed by atoms with Crippen LogP contribution in [0, 0.1) is 0 Å². The van der Waals surface area contributed by atoms with Crippen LogP contribution in [-0.4, -0.2) is 31.6 Å². The Bertz CT molecular complexity index is 212. The summed E-state index contributed by atoms with van der Waals surface area (Å²) in [5.74, 6) is 0. The lowest BCUT2D eigenvalue weighted by atomic mass is 10.2. The highest BCUT2D eigenvalue weighted by Gasteiger charge is 2.34. The molecule has 0 aliphatic carbocycles. The summed E-state index contributed by atoms with van der Waals surface area (Å²) in [6, 6.07) is 0. The highest BCUT2D eigenvalue weighted by molar-refractivity contribution is 5.63. The largest absolute Gasteiger partial charge is 0.509 e. The number of carbonyl (C=O) groups is 1. The minimum atomic E-state index is -0.669. The van der Waals surface area contributed by atoms with Gasteiger partial charge >= 0.3 is 6.16 Å². The molecule has 0 aromatic rings. The van der Waals surface area contributed by atoms with Gasteiger partial charge in [0.1, 0.15) is 0 Å². The van der Waals surface area contributed by atoms with Crippen molar-refractivity contribution < 1.29 is 19.0 Å². The van der Waals surface area contributed by atoms with Crippen LogP contribution in [0.25, 0.3) is 0 Å². The molecule has 13 heavy (non-hydrogen) atoms. The zero-order valence-electron chi connectivity index (χ0n) is 7.27. The first-order chi connectivity index (χ1) is 6.27. The zero-order chi connectivity index (χ0) is 9.68. The molecule has 2 atom stereocenters. The van der Waals surface area contributed by atoms with Gasteiger partial charge in [-0.3, -0.25) is 0 Å². The lowest BCUT2D eigenvalue weighted by Crippen LogP contribution is -2.25. The molecule has 0 N–H and O–H groups in total. The van der Waals surface area contributed by atoms with Crippen molar-refractivity contribution >= 4 is 6.16 Å². The highest BCUT2D eigenvalue weighted by atomic mass is 16.8. The SMILES string of the molecule is C=CCOCC1OC(=O)OC1C=C. The van der Waals surface area contributed by atoms with Crippen molar-refractivity contribution in [2.24, 2.45) is 0 Å². The van der Waals surface area contributed by atoms with Crippen molar-refractivity contribution in [3.8, 4) is 0 Å². The van der Waals surface area contributed by atoms with Gasteiger partial charge in [-0.1, -0.05) is 12.7 Å². The molecular weight excluding hydrogens is 172 g/mol. The third kappa shape index (κ3) is 2.59. The van der Waals surface area contributed by atoms with E-state index in [1.54, 1.807) is 6.08 Å². The molecule has 0 amide bonds. The molecule has 72 valence electrons. The number of rotatable bonds is 5. The van der Waals surface area contributed by atoms with Crippen LogP contribution in [0.3, 0.4) is 0 Å². The molecule has 1 aliphatic rings. The van der Waals surface area contributed by atoms with E-state index in [0.717, 1.165) is 0 Å². The van der Waals surface area contributed by atoms with Gasteiger partial charge in [-0.25, -0.2) is 4.79 Å². The zero-order valence-corrected chi connectivity index (χ0v) is 7.27. The first-order valence-corrected chi connectivity index (χ1v) is 3.96. The second kappa shape index (κ2) is 4.67. The summed E-state index contributed by atoms with van der Waals surface area (Å²) in [5.41, 5.74) is 0. The van der Waals surface area contributed by atoms with Crippen LogP contribution < -0.4 is 0 Å². The molecule has 1 fully saturated rings. The Morgan fingerprint density at radius 3 is 2.85 bits per heavy atom. The normalized spacial score (nSPS) is 26.3. The predicted octanol–water partition coefficient (Wildman–Crippen LogP) is 1.28. The third-order valence-electron chi connectivity index (χ3n) is 1.60. The van der Waals surface area contributed by atoms with Gasteiger partial charge in [0.15, 0.2) is 12.2 Å². The van der Waals surface area contributed by atoms with Crippen molar-refractivity contribution in [3.05, 3.63) is 25.3 Å². The van der Waals surface area contributed by atoms with E-state index >= 15 is 0 Å². The fourth-order valence-corrected chi connectivity index (χ4v) is 1.00. The summed E-state index contributed by atoms with van der Waals surface area (Å²) in [4.78, 5) is 10.7. The maximum atomic E-state index is 10.7. The van der Waals surface area contributed by atoms with E-state index in [2.05, 4.69) is 13.2 Å². The van der Waals surface area contributed by atoms with Gasteiger partial charge in [-0.15, -0.1) is 6.58 Å². The fraction of sp³-hybridized carbons (Fsp3) is 0.444. The standard InChI is InChI=1S/C9H12O4/c1-3-5-11-6-8-7(4-2)12-9(10)13-8/h3-4,7-8H,1-2,5-6H2. The number of hydrogen-bond donors (Lipinski definition) is 0. The molecule has 0 bridgehead atoms. The summed E-state index contributed by atoms with van der Waals surface area (Å²) < 4.78 is 14.7. The molecular formula is C9H12O4. The second-order valence-electron chi connectivity index (χ2n) is 2.55. The number of carbonyl (C=O) groups excluding carboxylic acids is 1. The summed E-state index contributed by atoms with van der Waals surface area (Å²) in [6.07, 6.45) is 1.69. The van der Waals surface area contributed by atoms with Crippen LogP contribution in [0.5, 0.6) is 0 Å². The van der Waals surface area contributed by atoms with Crippen molar-refractivity contribution in [1.29, 1.82) is 0 Å². The van der Waals surface area contributed by atoms with Gasteiger partial charge in [0, 0.05) is 0 Å². The third-order valence-corrected chi connectivity index (χ3v) is 1.60. The van der Waals surface area contributed by atoms with E-state index < -0.39 is 12.3 Å². The Morgan fingerprint density at radius 1 is 1.46 bits per heavy atom. The van der Waals surface area contributed by atoms with E-state index in [0.29, 0.717) is 13.2 Å². The van der Waals surface area contributed by atoms with Gasteiger partial charge in [0.2, 0.25) is 0 Å².